The molecule has 1 amide bonds. The predicted molar refractivity (Wildman–Crippen MR) is 81.4 cm³/mol. The largest absolute Gasteiger partial charge is 0.343 e. The minimum atomic E-state index is -0.170. The van der Waals surface area contributed by atoms with Gasteiger partial charge in [-0.3, -0.25) is 4.79 Å². The van der Waals surface area contributed by atoms with E-state index in [1.807, 2.05) is 29.1 Å². The van der Waals surface area contributed by atoms with Crippen molar-refractivity contribution in [2.75, 3.05) is 13.1 Å². The van der Waals surface area contributed by atoms with Gasteiger partial charge in [0.05, 0.1) is 18.3 Å². The average Bonchev–Trinajstić information content (AvgIpc) is 3.20. The number of nitrogens with zero attached hydrogens (tertiary/aromatic N) is 3. The van der Waals surface area contributed by atoms with Gasteiger partial charge in [0.1, 0.15) is 0 Å². The molecule has 0 aromatic carbocycles. The fraction of sp³-hybridized carbons (Fsp3) is 0.500. The molecule has 3 rings (SSSR count). The van der Waals surface area contributed by atoms with Gasteiger partial charge in [0.15, 0.2) is 5.69 Å². The summed E-state index contributed by atoms with van der Waals surface area (Å²) in [6, 6.07) is 4.33. The maximum Gasteiger partial charge on any atom is 0.273 e. The first kappa shape index (κ1) is 14.2. The molecule has 0 spiro atoms. The van der Waals surface area contributed by atoms with E-state index in [1.54, 1.807) is 17.5 Å². The Morgan fingerprint density at radius 2 is 2.33 bits per heavy atom. The van der Waals surface area contributed by atoms with E-state index < -0.39 is 0 Å². The van der Waals surface area contributed by atoms with Crippen LogP contribution in [0.3, 0.4) is 0 Å². The molecule has 0 unspecified atom stereocenters. The maximum atomic E-state index is 12.2. The van der Waals surface area contributed by atoms with Crippen molar-refractivity contribution >= 4 is 17.2 Å². The molecule has 0 radical (unpaired) electrons. The molecule has 1 aliphatic rings. The number of amides is 1. The smallest absolute Gasteiger partial charge is 0.273 e. The summed E-state index contributed by atoms with van der Waals surface area (Å²) in [6.07, 6.45) is 3.80. The number of carbonyl (C=O) groups is 1. The Morgan fingerprint density at radius 1 is 1.52 bits per heavy atom. The van der Waals surface area contributed by atoms with E-state index in [2.05, 4.69) is 20.9 Å². The van der Waals surface area contributed by atoms with E-state index in [9.17, 15) is 4.79 Å². The van der Waals surface area contributed by atoms with Crippen LogP contribution in [0.5, 0.6) is 0 Å². The fourth-order valence-corrected chi connectivity index (χ4v) is 3.24. The van der Waals surface area contributed by atoms with Crippen molar-refractivity contribution in [3.63, 3.8) is 0 Å². The Hall–Kier alpha value is -1.73. The number of carbonyl (C=O) groups excluding carboxylic acids is 1. The van der Waals surface area contributed by atoms with Gasteiger partial charge < -0.3 is 10.6 Å². The molecule has 21 heavy (non-hydrogen) atoms. The molecule has 2 aromatic heterocycles. The van der Waals surface area contributed by atoms with Crippen LogP contribution in [-0.4, -0.2) is 34.0 Å². The molecule has 6 nitrogen and oxygen atoms in total. The SMILES string of the molecule is C[C@@H](NC(=O)c1cn(C2CCNCC2)nn1)c1cccs1. The Balaban J connectivity index is 1.63. The van der Waals surface area contributed by atoms with Gasteiger partial charge in [0.2, 0.25) is 0 Å². The van der Waals surface area contributed by atoms with Gasteiger partial charge in [0.25, 0.3) is 5.91 Å². The fourth-order valence-electron chi connectivity index (χ4n) is 2.51. The standard InChI is InChI=1S/C14H19N5OS/c1-10(13-3-2-8-21-13)16-14(20)12-9-19(18-17-12)11-4-6-15-7-5-11/h2-3,8-11,15H,4-7H2,1H3,(H,16,20)/t10-/m1/s1. The normalized spacial score (nSPS) is 17.6. The molecule has 7 heteroatoms. The molecule has 1 saturated heterocycles. The van der Waals surface area contributed by atoms with E-state index in [0.29, 0.717) is 11.7 Å². The van der Waals surface area contributed by atoms with E-state index in [-0.39, 0.29) is 11.9 Å². The van der Waals surface area contributed by atoms with Crippen molar-refractivity contribution in [1.82, 2.24) is 25.6 Å². The molecule has 3 heterocycles. The molecule has 1 aliphatic heterocycles. The Morgan fingerprint density at radius 3 is 3.05 bits per heavy atom. The first-order valence-corrected chi connectivity index (χ1v) is 8.09. The quantitative estimate of drug-likeness (QED) is 0.903. The topological polar surface area (TPSA) is 71.8 Å². The summed E-state index contributed by atoms with van der Waals surface area (Å²) in [7, 11) is 0. The summed E-state index contributed by atoms with van der Waals surface area (Å²) in [5.74, 6) is -0.170. The van der Waals surface area contributed by atoms with Crippen molar-refractivity contribution in [2.24, 2.45) is 0 Å². The Labute approximate surface area is 127 Å². The predicted octanol–water partition coefficient (Wildman–Crippen LogP) is 1.76. The maximum absolute atomic E-state index is 12.2. The summed E-state index contributed by atoms with van der Waals surface area (Å²) in [6.45, 7) is 3.95. The highest BCUT2D eigenvalue weighted by Crippen LogP contribution is 2.19. The monoisotopic (exact) mass is 305 g/mol. The molecule has 0 bridgehead atoms. The zero-order valence-electron chi connectivity index (χ0n) is 12.0. The van der Waals surface area contributed by atoms with Crippen molar-refractivity contribution in [2.45, 2.75) is 31.8 Å². The van der Waals surface area contributed by atoms with E-state index in [4.69, 9.17) is 0 Å². The third kappa shape index (κ3) is 3.30. The first-order chi connectivity index (χ1) is 10.2. The molecule has 112 valence electrons. The lowest BCUT2D eigenvalue weighted by Crippen LogP contribution is -2.29. The third-order valence-corrected chi connectivity index (χ3v) is 4.80. The van der Waals surface area contributed by atoms with Gasteiger partial charge in [-0.2, -0.15) is 0 Å². The van der Waals surface area contributed by atoms with Crippen molar-refractivity contribution in [1.29, 1.82) is 0 Å². The van der Waals surface area contributed by atoms with Crippen LogP contribution in [0.2, 0.25) is 0 Å². The molecular weight excluding hydrogens is 286 g/mol. The zero-order chi connectivity index (χ0) is 14.7. The zero-order valence-corrected chi connectivity index (χ0v) is 12.8. The lowest BCUT2D eigenvalue weighted by atomic mass is 10.1. The molecular formula is C14H19N5OS. The summed E-state index contributed by atoms with van der Waals surface area (Å²) in [5, 5.41) is 16.4. The summed E-state index contributed by atoms with van der Waals surface area (Å²) >= 11 is 1.63. The third-order valence-electron chi connectivity index (χ3n) is 3.74. The van der Waals surface area contributed by atoms with E-state index in [1.165, 1.54) is 0 Å². The Kier molecular flexibility index (Phi) is 4.31. The summed E-state index contributed by atoms with van der Waals surface area (Å²) in [4.78, 5) is 13.3. The van der Waals surface area contributed by atoms with Gasteiger partial charge in [-0.15, -0.1) is 16.4 Å². The number of thiophene rings is 1. The van der Waals surface area contributed by atoms with Gasteiger partial charge in [-0.25, -0.2) is 4.68 Å². The molecule has 1 fully saturated rings. The number of nitrogens with one attached hydrogen (secondary N) is 2. The van der Waals surface area contributed by atoms with Crippen molar-refractivity contribution in [3.8, 4) is 0 Å². The highest BCUT2D eigenvalue weighted by Gasteiger charge is 2.19. The molecule has 1 atom stereocenters. The highest BCUT2D eigenvalue weighted by atomic mass is 32.1. The van der Waals surface area contributed by atoms with Crippen LogP contribution in [0.4, 0.5) is 0 Å². The first-order valence-electron chi connectivity index (χ1n) is 7.21. The molecule has 0 aliphatic carbocycles. The second-order valence-electron chi connectivity index (χ2n) is 5.28. The summed E-state index contributed by atoms with van der Waals surface area (Å²) < 4.78 is 1.82. The van der Waals surface area contributed by atoms with Gasteiger partial charge in [0, 0.05) is 4.88 Å². The van der Waals surface area contributed by atoms with Crippen LogP contribution in [-0.2, 0) is 0 Å². The average molecular weight is 305 g/mol. The molecule has 2 aromatic rings. The van der Waals surface area contributed by atoms with E-state index in [0.717, 1.165) is 30.8 Å². The lowest BCUT2D eigenvalue weighted by molar-refractivity contribution is 0.0935. The minimum absolute atomic E-state index is 0.0125. The highest BCUT2D eigenvalue weighted by molar-refractivity contribution is 7.10. The van der Waals surface area contributed by atoms with Crippen molar-refractivity contribution in [3.05, 3.63) is 34.3 Å². The van der Waals surface area contributed by atoms with Crippen LogP contribution in [0.1, 0.15) is 47.2 Å². The molecule has 2 N–H and O–H groups in total. The van der Waals surface area contributed by atoms with Crippen LogP contribution >= 0.6 is 11.3 Å². The number of hydrogen-bond donors (Lipinski definition) is 2. The number of aromatic nitrogens is 3. The van der Waals surface area contributed by atoms with Crippen molar-refractivity contribution < 1.29 is 4.79 Å². The van der Waals surface area contributed by atoms with E-state index >= 15 is 0 Å². The number of rotatable bonds is 4. The Bertz CT molecular complexity index is 588. The molecule has 0 saturated carbocycles. The second-order valence-corrected chi connectivity index (χ2v) is 6.25. The van der Waals surface area contributed by atoms with Gasteiger partial charge >= 0.3 is 0 Å². The van der Waals surface area contributed by atoms with Gasteiger partial charge in [-0.05, 0) is 44.3 Å². The van der Waals surface area contributed by atoms with Gasteiger partial charge in [-0.1, -0.05) is 11.3 Å². The summed E-state index contributed by atoms with van der Waals surface area (Å²) in [5.41, 5.74) is 0.386. The van der Waals surface area contributed by atoms with Crippen LogP contribution in [0.15, 0.2) is 23.7 Å². The number of hydrogen-bond acceptors (Lipinski definition) is 5. The second kappa shape index (κ2) is 6.36. The lowest BCUT2D eigenvalue weighted by Gasteiger charge is -2.22. The van der Waals surface area contributed by atoms with Crippen LogP contribution in [0, 0.1) is 0 Å². The number of piperidine rings is 1. The van der Waals surface area contributed by atoms with Crippen LogP contribution < -0.4 is 10.6 Å². The minimum Gasteiger partial charge on any atom is -0.343 e. The van der Waals surface area contributed by atoms with Crippen LogP contribution in [0.25, 0.3) is 0 Å².